The molecule has 0 saturated heterocycles. The Bertz CT molecular complexity index is 4950. The maximum atomic E-state index is 7.15. The van der Waals surface area contributed by atoms with E-state index in [4.69, 9.17) is 4.74 Å². The summed E-state index contributed by atoms with van der Waals surface area (Å²) in [5.41, 5.74) is 23.9. The summed E-state index contributed by atoms with van der Waals surface area (Å²) >= 11 is 1.86. The molecular formula is C78H51B2N5OS. The first kappa shape index (κ1) is 49.6. The largest absolute Gasteiger partial charge is 0.458 e. The Labute approximate surface area is 510 Å². The first-order valence-corrected chi connectivity index (χ1v) is 30.6. The van der Waals surface area contributed by atoms with Crippen LogP contribution in [0.4, 0.5) is 68.2 Å². The predicted octanol–water partition coefficient (Wildman–Crippen LogP) is 16.9. The number of para-hydroxylation sites is 10. The molecule has 0 N–H and O–H groups in total. The fraction of sp³-hybridized carbons (Fsp3) is 0. The molecule has 406 valence electrons. The predicted molar refractivity (Wildman–Crippen MR) is 366 cm³/mol. The van der Waals surface area contributed by atoms with E-state index in [1.54, 1.807) is 0 Å². The van der Waals surface area contributed by atoms with Crippen molar-refractivity contribution < 1.29 is 4.74 Å². The molecule has 1 aromatic heterocycles. The molecule has 0 aliphatic carbocycles. The average molecular weight is 1130 g/mol. The van der Waals surface area contributed by atoms with Crippen LogP contribution in [-0.4, -0.2) is 18.0 Å². The highest BCUT2D eigenvalue weighted by Crippen LogP contribution is 2.52. The van der Waals surface area contributed by atoms with E-state index in [1.807, 2.05) is 11.8 Å². The fourth-order valence-electron chi connectivity index (χ4n) is 14.5. The van der Waals surface area contributed by atoms with Gasteiger partial charge in [0.25, 0.3) is 13.4 Å². The highest BCUT2D eigenvalue weighted by atomic mass is 32.2. The second-order valence-corrected chi connectivity index (χ2v) is 23.8. The topological polar surface area (TPSA) is 27.1 Å². The Balaban J connectivity index is 0.962. The minimum atomic E-state index is -0.161. The van der Waals surface area contributed by atoms with Gasteiger partial charge in [0.15, 0.2) is 0 Å². The zero-order valence-electron chi connectivity index (χ0n) is 47.2. The summed E-state index contributed by atoms with van der Waals surface area (Å²) < 4.78 is 9.64. The van der Waals surface area contributed by atoms with Crippen molar-refractivity contribution in [3.05, 3.63) is 309 Å². The lowest BCUT2D eigenvalue weighted by Gasteiger charge is -2.46. The molecule has 87 heavy (non-hydrogen) atoms. The third kappa shape index (κ3) is 7.72. The van der Waals surface area contributed by atoms with Crippen molar-refractivity contribution in [3.8, 4) is 17.2 Å². The molecule has 0 unspecified atom stereocenters. The van der Waals surface area contributed by atoms with E-state index in [0.29, 0.717) is 0 Å². The lowest BCUT2D eigenvalue weighted by molar-refractivity contribution is 0.486. The highest BCUT2D eigenvalue weighted by molar-refractivity contribution is 8.00. The molecule has 6 nitrogen and oxygen atoms in total. The van der Waals surface area contributed by atoms with Crippen molar-refractivity contribution in [1.82, 2.24) is 4.57 Å². The standard InChI is InChI=1S/C78H51B2N5OS/c1-7-26-52(27-8-1)81(53-28-9-2-10-29-53)58-46-70-76-71(47-58)85(68-44-25-39-61-60-38-19-22-42-66(60)84(78(61)68)57-36-17-6-18-37-57)69-51-74-65(50-64(69)79(76)62-40-20-23-43-67(62)83(70)56-34-15-5-16-35-56)80-63-41-21-24-45-72(63)86-73-48-59(49-75(87-74)77(73)80)82(54-30-11-3-12-31-54)55-32-13-4-14-33-55/h1-51H. The molecule has 5 heterocycles. The molecule has 4 aliphatic rings. The number of rotatable bonds is 9. The average Bonchev–Trinajstić information content (AvgIpc) is 1.31. The molecule has 0 amide bonds. The van der Waals surface area contributed by atoms with Crippen molar-refractivity contribution in [2.75, 3.05) is 19.6 Å². The van der Waals surface area contributed by atoms with Crippen molar-refractivity contribution in [3.63, 3.8) is 0 Å². The number of nitrogens with zero attached hydrogens (tertiary/aromatic N) is 5. The third-order valence-electron chi connectivity index (χ3n) is 18.0. The van der Waals surface area contributed by atoms with Gasteiger partial charge < -0.3 is 28.9 Å². The van der Waals surface area contributed by atoms with Gasteiger partial charge in [0.05, 0.1) is 28.1 Å². The Kier molecular flexibility index (Phi) is 11.3. The second kappa shape index (κ2) is 19.9. The van der Waals surface area contributed by atoms with Gasteiger partial charge >= 0.3 is 0 Å². The van der Waals surface area contributed by atoms with Gasteiger partial charge in [0.2, 0.25) is 0 Å². The summed E-state index contributed by atoms with van der Waals surface area (Å²) in [6, 6.07) is 113. The number of fused-ring (bicyclic) bond motifs is 11. The zero-order chi connectivity index (χ0) is 57.1. The Morgan fingerprint density at radius 1 is 0.299 bits per heavy atom. The lowest BCUT2D eigenvalue weighted by atomic mass is 9.31. The molecule has 0 spiro atoms. The van der Waals surface area contributed by atoms with E-state index < -0.39 is 0 Å². The van der Waals surface area contributed by atoms with Crippen LogP contribution in [0.25, 0.3) is 27.5 Å². The minimum Gasteiger partial charge on any atom is -0.458 e. The SMILES string of the molecule is c1ccc(N(c2ccccc2)c2cc3c4c(c2)Sc2cc5c(cc2B4c2ccccc2O3)B2c3ccccc3N(c3ccccc3)c3cc(N(c4ccccc4)c4ccccc4)cc(c32)N5c2cccc3c4ccccc4n(-c4ccccc4)c23)cc1. The fourth-order valence-corrected chi connectivity index (χ4v) is 15.7. The second-order valence-electron chi connectivity index (χ2n) is 22.7. The molecule has 4 aliphatic heterocycles. The van der Waals surface area contributed by atoms with Gasteiger partial charge in [-0.15, -0.1) is 0 Å². The summed E-state index contributed by atoms with van der Waals surface area (Å²) in [5.74, 6) is 1.76. The molecule has 0 fully saturated rings. The van der Waals surface area contributed by atoms with Crippen LogP contribution in [0.15, 0.2) is 319 Å². The van der Waals surface area contributed by atoms with Crippen LogP contribution in [0, 0.1) is 0 Å². The van der Waals surface area contributed by atoms with E-state index in [1.165, 1.54) is 53.3 Å². The Morgan fingerprint density at radius 2 is 0.805 bits per heavy atom. The lowest BCUT2D eigenvalue weighted by Crippen LogP contribution is -2.64. The third-order valence-corrected chi connectivity index (χ3v) is 19.1. The van der Waals surface area contributed by atoms with E-state index in [0.717, 1.165) is 96.5 Å². The molecule has 0 radical (unpaired) electrons. The van der Waals surface area contributed by atoms with Crippen molar-refractivity contribution in [2.45, 2.75) is 9.79 Å². The summed E-state index contributed by atoms with van der Waals surface area (Å²) in [5, 5.41) is 2.39. The van der Waals surface area contributed by atoms with E-state index in [2.05, 4.69) is 334 Å². The van der Waals surface area contributed by atoms with Gasteiger partial charge in [-0.25, -0.2) is 0 Å². The normalized spacial score (nSPS) is 13.0. The van der Waals surface area contributed by atoms with Gasteiger partial charge in [-0.2, -0.15) is 0 Å². The molecule has 0 atom stereocenters. The number of hydrogen-bond acceptors (Lipinski definition) is 6. The van der Waals surface area contributed by atoms with Crippen LogP contribution in [0.1, 0.15) is 0 Å². The van der Waals surface area contributed by atoms with Crippen LogP contribution >= 0.6 is 11.8 Å². The van der Waals surface area contributed by atoms with Gasteiger partial charge in [-0.05, 0) is 149 Å². The number of benzene rings is 13. The number of ether oxygens (including phenoxy) is 1. The highest BCUT2D eigenvalue weighted by Gasteiger charge is 2.47. The smallest absolute Gasteiger partial charge is 0.253 e. The number of anilines is 12. The molecule has 14 aromatic rings. The van der Waals surface area contributed by atoms with Gasteiger partial charge in [0, 0.05) is 83.5 Å². The van der Waals surface area contributed by atoms with E-state index >= 15 is 0 Å². The van der Waals surface area contributed by atoms with Gasteiger partial charge in [0.1, 0.15) is 11.5 Å². The molecule has 18 rings (SSSR count). The monoisotopic (exact) mass is 1130 g/mol. The quantitative estimate of drug-likeness (QED) is 0.134. The maximum absolute atomic E-state index is 7.15. The van der Waals surface area contributed by atoms with Crippen LogP contribution < -0.4 is 57.1 Å². The molecule has 0 saturated carbocycles. The van der Waals surface area contributed by atoms with Crippen molar-refractivity contribution in [1.29, 1.82) is 0 Å². The Hall–Kier alpha value is -10.9. The maximum Gasteiger partial charge on any atom is 0.253 e. The molecule has 13 aromatic carbocycles. The zero-order valence-corrected chi connectivity index (χ0v) is 48.0. The molecule has 9 heteroatoms. The van der Waals surface area contributed by atoms with Gasteiger partial charge in [-0.1, -0.05) is 199 Å². The summed E-state index contributed by atoms with van der Waals surface area (Å²) in [6.45, 7) is -0.269. The van der Waals surface area contributed by atoms with E-state index in [-0.39, 0.29) is 13.4 Å². The summed E-state index contributed by atoms with van der Waals surface area (Å²) in [4.78, 5) is 12.3. The molecule has 0 bridgehead atoms. The van der Waals surface area contributed by atoms with Crippen molar-refractivity contribution in [2.24, 2.45) is 0 Å². The number of aromatic nitrogens is 1. The van der Waals surface area contributed by atoms with Gasteiger partial charge in [-0.3, -0.25) is 0 Å². The minimum absolute atomic E-state index is 0.108. The van der Waals surface area contributed by atoms with Crippen LogP contribution in [0.3, 0.4) is 0 Å². The van der Waals surface area contributed by atoms with Crippen molar-refractivity contribution >= 4 is 148 Å². The van der Waals surface area contributed by atoms with Crippen LogP contribution in [-0.2, 0) is 0 Å². The Morgan fingerprint density at radius 3 is 1.46 bits per heavy atom. The first-order valence-electron chi connectivity index (χ1n) is 29.8. The number of hydrogen-bond donors (Lipinski definition) is 0. The van der Waals surface area contributed by atoms with Crippen LogP contribution in [0.5, 0.6) is 11.5 Å². The first-order chi connectivity index (χ1) is 43.2. The molecular weight excluding hydrogens is 1080 g/mol. The summed E-state index contributed by atoms with van der Waals surface area (Å²) in [6.07, 6.45) is 0. The van der Waals surface area contributed by atoms with E-state index in [9.17, 15) is 0 Å². The summed E-state index contributed by atoms with van der Waals surface area (Å²) in [7, 11) is 0. The van der Waals surface area contributed by atoms with Crippen LogP contribution in [0.2, 0.25) is 0 Å².